The third-order valence-electron chi connectivity index (χ3n) is 3.59. The number of amides is 2. The van der Waals surface area contributed by atoms with Crippen LogP contribution in [-0.2, 0) is 9.53 Å². The van der Waals surface area contributed by atoms with E-state index in [0.717, 1.165) is 6.42 Å². The van der Waals surface area contributed by atoms with E-state index in [4.69, 9.17) is 4.74 Å². The minimum atomic E-state index is -0.580. The van der Waals surface area contributed by atoms with Gasteiger partial charge in [-0.2, -0.15) is 0 Å². The predicted octanol–water partition coefficient (Wildman–Crippen LogP) is 1.52. The Labute approximate surface area is 126 Å². The number of carbonyl (C=O) groups excluding carboxylic acids is 2. The van der Waals surface area contributed by atoms with Crippen molar-refractivity contribution in [2.24, 2.45) is 5.92 Å². The number of ether oxygens (including phenoxy) is 1. The Morgan fingerprint density at radius 1 is 1.29 bits per heavy atom. The molecule has 0 spiro atoms. The van der Waals surface area contributed by atoms with Gasteiger partial charge in [-0.3, -0.25) is 4.79 Å². The number of hydrogen-bond donors (Lipinski definition) is 2. The molecule has 1 saturated carbocycles. The summed E-state index contributed by atoms with van der Waals surface area (Å²) in [6, 6.07) is -0.353. The zero-order valence-electron chi connectivity index (χ0n) is 13.7. The number of hydrogen-bond acceptors (Lipinski definition) is 4. The van der Waals surface area contributed by atoms with Gasteiger partial charge in [-0.05, 0) is 46.0 Å². The maximum absolute atomic E-state index is 11.8. The molecular formula is C15H28N2O4. The summed E-state index contributed by atoms with van der Waals surface area (Å²) in [5, 5.41) is 12.7. The minimum absolute atomic E-state index is 0.0763. The number of aliphatic hydroxyl groups is 1. The highest BCUT2D eigenvalue weighted by molar-refractivity contribution is 5.75. The molecule has 0 aromatic carbocycles. The zero-order valence-corrected chi connectivity index (χ0v) is 13.7. The molecule has 0 radical (unpaired) electrons. The average molecular weight is 300 g/mol. The monoisotopic (exact) mass is 300 g/mol. The summed E-state index contributed by atoms with van der Waals surface area (Å²) in [5.74, 6) is 0.260. The van der Waals surface area contributed by atoms with Crippen LogP contribution in [0.1, 0.15) is 46.5 Å². The first-order chi connectivity index (χ1) is 9.58. The van der Waals surface area contributed by atoms with Gasteiger partial charge in [-0.25, -0.2) is 4.79 Å². The lowest BCUT2D eigenvalue weighted by Gasteiger charge is -2.34. The Bertz CT molecular complexity index is 376. The molecule has 6 heteroatoms. The first-order valence-corrected chi connectivity index (χ1v) is 7.46. The number of rotatable bonds is 3. The van der Waals surface area contributed by atoms with E-state index >= 15 is 0 Å². The van der Waals surface area contributed by atoms with Gasteiger partial charge in [0.2, 0.25) is 5.91 Å². The molecule has 1 fully saturated rings. The highest BCUT2D eigenvalue weighted by atomic mass is 16.6. The third-order valence-corrected chi connectivity index (χ3v) is 3.59. The fourth-order valence-electron chi connectivity index (χ4n) is 2.47. The van der Waals surface area contributed by atoms with Gasteiger partial charge in [-0.15, -0.1) is 0 Å². The van der Waals surface area contributed by atoms with Gasteiger partial charge in [0.05, 0.1) is 12.1 Å². The van der Waals surface area contributed by atoms with E-state index in [9.17, 15) is 14.7 Å². The highest BCUT2D eigenvalue weighted by Gasteiger charge is 2.32. The Hall–Kier alpha value is -1.30. The van der Waals surface area contributed by atoms with Crippen LogP contribution in [0.4, 0.5) is 4.79 Å². The minimum Gasteiger partial charge on any atom is -0.444 e. The molecule has 3 atom stereocenters. The van der Waals surface area contributed by atoms with E-state index in [1.54, 1.807) is 39.8 Å². The van der Waals surface area contributed by atoms with Gasteiger partial charge < -0.3 is 20.1 Å². The van der Waals surface area contributed by atoms with Crippen molar-refractivity contribution in [1.29, 1.82) is 0 Å². The molecular weight excluding hydrogens is 272 g/mol. The summed E-state index contributed by atoms with van der Waals surface area (Å²) in [6.07, 6.45) is 1.33. The van der Waals surface area contributed by atoms with Crippen molar-refractivity contribution in [3.05, 3.63) is 0 Å². The third kappa shape index (κ3) is 6.33. The molecule has 1 aliphatic rings. The van der Waals surface area contributed by atoms with Crippen LogP contribution in [0, 0.1) is 5.92 Å². The fourth-order valence-corrected chi connectivity index (χ4v) is 2.47. The maximum atomic E-state index is 11.8. The summed E-state index contributed by atoms with van der Waals surface area (Å²) >= 11 is 0. The summed E-state index contributed by atoms with van der Waals surface area (Å²) in [4.78, 5) is 25.1. The lowest BCUT2D eigenvalue weighted by molar-refractivity contribution is -0.130. The van der Waals surface area contributed by atoms with Crippen molar-refractivity contribution in [1.82, 2.24) is 10.2 Å². The number of nitrogens with one attached hydrogen (secondary N) is 1. The Balaban J connectivity index is 2.53. The van der Waals surface area contributed by atoms with Gasteiger partial charge in [0.1, 0.15) is 5.60 Å². The molecule has 122 valence electrons. The average Bonchev–Trinajstić information content (AvgIpc) is 2.30. The Morgan fingerprint density at radius 3 is 2.43 bits per heavy atom. The molecule has 0 aromatic heterocycles. The summed E-state index contributed by atoms with van der Waals surface area (Å²) in [5.41, 5.74) is -0.565. The van der Waals surface area contributed by atoms with Crippen molar-refractivity contribution in [2.75, 3.05) is 14.1 Å². The number of alkyl carbamates (subject to hydrolysis) is 1. The number of carbonyl (C=O) groups is 2. The molecule has 1 unspecified atom stereocenters. The van der Waals surface area contributed by atoms with Crippen LogP contribution in [0.5, 0.6) is 0 Å². The van der Waals surface area contributed by atoms with E-state index < -0.39 is 17.8 Å². The van der Waals surface area contributed by atoms with E-state index in [2.05, 4.69) is 5.32 Å². The molecule has 2 amide bonds. The van der Waals surface area contributed by atoms with Gasteiger partial charge >= 0.3 is 6.09 Å². The lowest BCUT2D eigenvalue weighted by atomic mass is 9.82. The smallest absolute Gasteiger partial charge is 0.407 e. The van der Waals surface area contributed by atoms with Gasteiger partial charge in [0, 0.05) is 20.5 Å². The van der Waals surface area contributed by atoms with E-state index in [1.165, 1.54) is 0 Å². The molecule has 6 nitrogen and oxygen atoms in total. The maximum Gasteiger partial charge on any atom is 0.407 e. The van der Waals surface area contributed by atoms with Gasteiger partial charge in [0.15, 0.2) is 0 Å². The van der Waals surface area contributed by atoms with Crippen molar-refractivity contribution < 1.29 is 19.4 Å². The zero-order chi connectivity index (χ0) is 16.2. The van der Waals surface area contributed by atoms with Gasteiger partial charge in [-0.1, -0.05) is 0 Å². The molecule has 0 aliphatic heterocycles. The second kappa shape index (κ2) is 7.11. The van der Waals surface area contributed by atoms with Crippen molar-refractivity contribution in [3.63, 3.8) is 0 Å². The number of nitrogens with zero attached hydrogens (tertiary/aromatic N) is 1. The second-order valence-electron chi connectivity index (χ2n) is 6.99. The van der Waals surface area contributed by atoms with E-state index in [-0.39, 0.29) is 17.9 Å². The molecule has 0 heterocycles. The molecule has 2 N–H and O–H groups in total. The highest BCUT2D eigenvalue weighted by Crippen LogP contribution is 2.28. The lowest BCUT2D eigenvalue weighted by Crippen LogP contribution is -2.49. The first-order valence-electron chi connectivity index (χ1n) is 7.46. The van der Waals surface area contributed by atoms with Crippen LogP contribution in [0.25, 0.3) is 0 Å². The molecule has 1 aliphatic carbocycles. The van der Waals surface area contributed by atoms with Crippen LogP contribution < -0.4 is 5.32 Å². The quantitative estimate of drug-likeness (QED) is 0.828. The van der Waals surface area contributed by atoms with E-state index in [0.29, 0.717) is 19.3 Å². The molecule has 1 rings (SSSR count). The Morgan fingerprint density at radius 2 is 1.90 bits per heavy atom. The van der Waals surface area contributed by atoms with Crippen molar-refractivity contribution in [2.45, 2.75) is 64.2 Å². The SMILES string of the molecule is CN(C)C(=O)C[C@H]1CCC(O)[C@H](NC(=O)OC(C)(C)C)C1. The largest absolute Gasteiger partial charge is 0.444 e. The summed E-state index contributed by atoms with van der Waals surface area (Å²) in [6.45, 7) is 5.38. The molecule has 21 heavy (non-hydrogen) atoms. The van der Waals surface area contributed by atoms with Gasteiger partial charge in [0.25, 0.3) is 0 Å². The van der Waals surface area contributed by atoms with Crippen molar-refractivity contribution >= 4 is 12.0 Å². The fraction of sp³-hybridized carbons (Fsp3) is 0.867. The van der Waals surface area contributed by atoms with Crippen LogP contribution in [0.2, 0.25) is 0 Å². The molecule has 0 aromatic rings. The van der Waals surface area contributed by atoms with E-state index in [1.807, 2.05) is 0 Å². The van der Waals surface area contributed by atoms with Crippen molar-refractivity contribution in [3.8, 4) is 0 Å². The normalized spacial score (nSPS) is 26.1. The molecule has 0 bridgehead atoms. The number of aliphatic hydroxyl groups excluding tert-OH is 1. The Kier molecular flexibility index (Phi) is 6.01. The van der Waals surface area contributed by atoms with Crippen LogP contribution in [0.15, 0.2) is 0 Å². The second-order valence-corrected chi connectivity index (χ2v) is 6.99. The first kappa shape index (κ1) is 17.8. The van der Waals surface area contributed by atoms with Crippen LogP contribution in [-0.4, -0.2) is 53.8 Å². The molecule has 0 saturated heterocycles. The van der Waals surface area contributed by atoms with Crippen LogP contribution >= 0.6 is 0 Å². The standard InChI is InChI=1S/C15H28N2O4/c1-15(2,3)21-14(20)16-11-8-10(6-7-12(11)18)9-13(19)17(4)5/h10-12,18H,6-9H2,1-5H3,(H,16,20)/t10-,11+,12?/m0/s1. The summed E-state index contributed by atoms with van der Waals surface area (Å²) in [7, 11) is 3.47. The van der Waals surface area contributed by atoms with Crippen LogP contribution in [0.3, 0.4) is 0 Å². The summed E-state index contributed by atoms with van der Waals surface area (Å²) < 4.78 is 5.21. The topological polar surface area (TPSA) is 78.9 Å². The predicted molar refractivity (Wildman–Crippen MR) is 79.8 cm³/mol.